The van der Waals surface area contributed by atoms with Crippen molar-refractivity contribution < 1.29 is 9.21 Å². The number of anilines is 1. The smallest absolute Gasteiger partial charge is 0.270 e. The lowest BCUT2D eigenvalue weighted by atomic mass is 10.2. The minimum absolute atomic E-state index is 0.123. The van der Waals surface area contributed by atoms with Crippen LogP contribution in [-0.2, 0) is 0 Å². The van der Waals surface area contributed by atoms with E-state index in [0.29, 0.717) is 12.2 Å². The monoisotopic (exact) mass is 267 g/mol. The molecule has 7 heteroatoms. The largest absolute Gasteiger partial charge is 0.414 e. The fraction of sp³-hybridized carbons (Fsp3) is 0. The molecule has 0 aliphatic heterocycles. The number of nitrogen functional groups attached to an aromatic ring is 1. The summed E-state index contributed by atoms with van der Waals surface area (Å²) in [5.74, 6) is 0.592. The summed E-state index contributed by atoms with van der Waals surface area (Å²) >= 11 is 0. The molecular weight excluding hydrogens is 258 g/mol. The van der Waals surface area contributed by atoms with Crippen molar-refractivity contribution in [3.63, 3.8) is 0 Å². The van der Waals surface area contributed by atoms with Gasteiger partial charge in [0.25, 0.3) is 5.89 Å². The average Bonchev–Trinajstić information content (AvgIpc) is 2.98. The molecule has 0 aliphatic carbocycles. The molecule has 0 unspecified atom stereocenters. The Morgan fingerprint density at radius 3 is 2.60 bits per heavy atom. The van der Waals surface area contributed by atoms with Crippen molar-refractivity contribution in [1.82, 2.24) is 20.2 Å². The zero-order valence-corrected chi connectivity index (χ0v) is 10.2. The maximum absolute atomic E-state index is 10.7. The number of aldehydes is 1. The van der Waals surface area contributed by atoms with Gasteiger partial charge in [0.05, 0.1) is 6.20 Å². The fourth-order valence-corrected chi connectivity index (χ4v) is 1.64. The van der Waals surface area contributed by atoms with Gasteiger partial charge in [-0.25, -0.2) is 9.97 Å². The van der Waals surface area contributed by atoms with Crippen LogP contribution < -0.4 is 5.73 Å². The molecule has 0 saturated carbocycles. The van der Waals surface area contributed by atoms with E-state index in [0.717, 1.165) is 5.56 Å². The highest BCUT2D eigenvalue weighted by molar-refractivity contribution is 5.74. The van der Waals surface area contributed by atoms with Crippen LogP contribution in [0.25, 0.3) is 23.0 Å². The summed E-state index contributed by atoms with van der Waals surface area (Å²) in [5.41, 5.74) is 6.83. The number of benzene rings is 1. The van der Waals surface area contributed by atoms with Gasteiger partial charge in [0.1, 0.15) is 5.69 Å². The highest BCUT2D eigenvalue weighted by atomic mass is 16.4. The molecule has 2 heterocycles. The molecule has 3 aromatic rings. The van der Waals surface area contributed by atoms with E-state index >= 15 is 0 Å². The minimum Gasteiger partial charge on any atom is -0.414 e. The Morgan fingerprint density at radius 2 is 1.85 bits per heavy atom. The molecule has 0 aliphatic rings. The molecule has 0 radical (unpaired) electrons. The number of aromatic nitrogens is 4. The highest BCUT2D eigenvalue weighted by Crippen LogP contribution is 2.24. The minimum atomic E-state index is 0.123. The van der Waals surface area contributed by atoms with E-state index < -0.39 is 0 Å². The van der Waals surface area contributed by atoms with Crippen molar-refractivity contribution in [3.05, 3.63) is 42.2 Å². The topological polar surface area (TPSA) is 108 Å². The van der Waals surface area contributed by atoms with Crippen LogP contribution in [0.15, 0.2) is 40.9 Å². The Bertz CT molecular complexity index is 754. The standard InChI is InChI=1S/C13H9N5O2/c14-11-10(16-9(7-19)6-15-11)13-18-17-12(20-13)8-4-2-1-3-5-8/h1-7H,(H2,14,15). The number of nitrogens with two attached hydrogens (primary N) is 1. The molecule has 0 fully saturated rings. The van der Waals surface area contributed by atoms with Crippen LogP contribution in [-0.4, -0.2) is 26.5 Å². The van der Waals surface area contributed by atoms with Crippen LogP contribution >= 0.6 is 0 Å². The van der Waals surface area contributed by atoms with E-state index in [1.165, 1.54) is 6.20 Å². The van der Waals surface area contributed by atoms with Gasteiger partial charge < -0.3 is 10.2 Å². The first-order valence-corrected chi connectivity index (χ1v) is 5.75. The SMILES string of the molecule is Nc1ncc(C=O)nc1-c1nnc(-c2ccccc2)o1. The molecule has 7 nitrogen and oxygen atoms in total. The predicted molar refractivity (Wildman–Crippen MR) is 70.6 cm³/mol. The van der Waals surface area contributed by atoms with Gasteiger partial charge in [-0.2, -0.15) is 0 Å². The Labute approximate surface area is 113 Å². The van der Waals surface area contributed by atoms with Crippen molar-refractivity contribution in [2.75, 3.05) is 5.73 Å². The molecule has 2 aromatic heterocycles. The van der Waals surface area contributed by atoms with Gasteiger partial charge in [0, 0.05) is 5.56 Å². The molecule has 0 saturated heterocycles. The van der Waals surface area contributed by atoms with Crippen molar-refractivity contribution in [1.29, 1.82) is 0 Å². The first kappa shape index (κ1) is 12.0. The second kappa shape index (κ2) is 4.88. The summed E-state index contributed by atoms with van der Waals surface area (Å²) in [7, 11) is 0. The van der Waals surface area contributed by atoms with Crippen LogP contribution in [0.3, 0.4) is 0 Å². The van der Waals surface area contributed by atoms with Gasteiger partial charge in [-0.3, -0.25) is 4.79 Å². The van der Waals surface area contributed by atoms with Crippen LogP contribution in [0.5, 0.6) is 0 Å². The molecule has 0 spiro atoms. The summed E-state index contributed by atoms with van der Waals surface area (Å²) in [6.45, 7) is 0. The number of rotatable bonds is 3. The Balaban J connectivity index is 2.04. The highest BCUT2D eigenvalue weighted by Gasteiger charge is 2.15. The second-order valence-electron chi connectivity index (χ2n) is 3.92. The lowest BCUT2D eigenvalue weighted by Gasteiger charge is -1.99. The van der Waals surface area contributed by atoms with Crippen molar-refractivity contribution in [2.24, 2.45) is 0 Å². The zero-order chi connectivity index (χ0) is 13.9. The molecule has 2 N–H and O–H groups in total. The lowest BCUT2D eigenvalue weighted by Crippen LogP contribution is -2.00. The van der Waals surface area contributed by atoms with E-state index in [4.69, 9.17) is 10.2 Å². The van der Waals surface area contributed by atoms with Gasteiger partial charge >= 0.3 is 0 Å². The molecule has 3 rings (SSSR count). The second-order valence-corrected chi connectivity index (χ2v) is 3.92. The number of hydrogen-bond acceptors (Lipinski definition) is 7. The molecular formula is C13H9N5O2. The third-order valence-electron chi connectivity index (χ3n) is 2.59. The van der Waals surface area contributed by atoms with Crippen LogP contribution in [0.2, 0.25) is 0 Å². The van der Waals surface area contributed by atoms with E-state index in [1.54, 1.807) is 0 Å². The Hall–Kier alpha value is -3.09. The van der Waals surface area contributed by atoms with Crippen LogP contribution in [0.4, 0.5) is 5.82 Å². The number of nitrogens with zero attached hydrogens (tertiary/aromatic N) is 4. The lowest BCUT2D eigenvalue weighted by molar-refractivity contribution is 0.111. The van der Waals surface area contributed by atoms with E-state index in [1.807, 2.05) is 30.3 Å². The number of hydrogen-bond donors (Lipinski definition) is 1. The van der Waals surface area contributed by atoms with E-state index in [-0.39, 0.29) is 23.1 Å². The Morgan fingerprint density at radius 1 is 1.10 bits per heavy atom. The van der Waals surface area contributed by atoms with Gasteiger partial charge in [-0.1, -0.05) is 18.2 Å². The van der Waals surface area contributed by atoms with Crippen molar-refractivity contribution >= 4 is 12.1 Å². The van der Waals surface area contributed by atoms with Gasteiger partial charge in [0.2, 0.25) is 5.89 Å². The number of carbonyl (C=O) groups excluding carboxylic acids is 1. The maximum Gasteiger partial charge on any atom is 0.270 e. The molecule has 1 aromatic carbocycles. The van der Waals surface area contributed by atoms with Crippen molar-refractivity contribution in [3.8, 4) is 23.0 Å². The van der Waals surface area contributed by atoms with Crippen LogP contribution in [0.1, 0.15) is 10.5 Å². The summed E-state index contributed by atoms with van der Waals surface area (Å²) in [5, 5.41) is 7.82. The molecule has 0 amide bonds. The molecule has 0 bridgehead atoms. The normalized spacial score (nSPS) is 10.4. The van der Waals surface area contributed by atoms with E-state index in [9.17, 15) is 4.79 Å². The molecule has 0 atom stereocenters. The molecule has 98 valence electrons. The summed E-state index contributed by atoms with van der Waals surface area (Å²) in [6, 6.07) is 9.29. The predicted octanol–water partition coefficient (Wildman–Crippen LogP) is 1.59. The summed E-state index contributed by atoms with van der Waals surface area (Å²) in [4.78, 5) is 18.6. The number of carbonyl (C=O) groups is 1. The summed E-state index contributed by atoms with van der Waals surface area (Å²) < 4.78 is 5.52. The van der Waals surface area contributed by atoms with Gasteiger partial charge in [0.15, 0.2) is 17.8 Å². The first-order valence-electron chi connectivity index (χ1n) is 5.75. The quantitative estimate of drug-likeness (QED) is 0.717. The van der Waals surface area contributed by atoms with E-state index in [2.05, 4.69) is 20.2 Å². The maximum atomic E-state index is 10.7. The van der Waals surface area contributed by atoms with Gasteiger partial charge in [-0.15, -0.1) is 10.2 Å². The third-order valence-corrected chi connectivity index (χ3v) is 2.59. The van der Waals surface area contributed by atoms with Crippen LogP contribution in [0, 0.1) is 0 Å². The summed E-state index contributed by atoms with van der Waals surface area (Å²) in [6.07, 6.45) is 1.85. The third kappa shape index (κ3) is 2.12. The van der Waals surface area contributed by atoms with Gasteiger partial charge in [-0.05, 0) is 12.1 Å². The Kier molecular flexibility index (Phi) is 2.92. The fourth-order valence-electron chi connectivity index (χ4n) is 1.64. The first-order chi connectivity index (χ1) is 9.78. The molecule has 20 heavy (non-hydrogen) atoms. The van der Waals surface area contributed by atoms with Crippen molar-refractivity contribution in [2.45, 2.75) is 0 Å². The zero-order valence-electron chi connectivity index (χ0n) is 10.2. The average molecular weight is 267 g/mol.